The van der Waals surface area contributed by atoms with Crippen LogP contribution in [0.1, 0.15) is 28.0 Å². The van der Waals surface area contributed by atoms with E-state index >= 15 is 0 Å². The maximum atomic E-state index is 13.8. The molecular weight excluding hydrogens is 366 g/mol. The molecule has 0 aliphatic heterocycles. The Hall–Kier alpha value is -3.48. The quantitative estimate of drug-likeness (QED) is 0.677. The van der Waals surface area contributed by atoms with E-state index in [1.54, 1.807) is 41.8 Å². The Bertz CT molecular complexity index is 1070. The van der Waals surface area contributed by atoms with Gasteiger partial charge in [0.2, 0.25) is 5.91 Å². The highest BCUT2D eigenvalue weighted by atomic mass is 19.2. The molecule has 3 aromatic rings. The molecule has 7 heteroatoms. The van der Waals surface area contributed by atoms with E-state index in [2.05, 4.69) is 0 Å². The summed E-state index contributed by atoms with van der Waals surface area (Å²) < 4.78 is 28.9. The fraction of sp³-hybridized carbons (Fsp3) is 0.143. The maximum Gasteiger partial charge on any atom is 0.303 e. The zero-order chi connectivity index (χ0) is 20.4. The molecule has 0 radical (unpaired) electrons. The van der Waals surface area contributed by atoms with Crippen molar-refractivity contribution in [2.24, 2.45) is 5.73 Å². The summed E-state index contributed by atoms with van der Waals surface area (Å²) in [7, 11) is 0. The largest absolute Gasteiger partial charge is 0.481 e. The lowest BCUT2D eigenvalue weighted by Gasteiger charge is -2.17. The van der Waals surface area contributed by atoms with Crippen LogP contribution in [-0.4, -0.2) is 21.6 Å². The monoisotopic (exact) mass is 384 g/mol. The highest BCUT2D eigenvalue weighted by Crippen LogP contribution is 2.30. The third-order valence-corrected chi connectivity index (χ3v) is 4.49. The maximum absolute atomic E-state index is 13.8. The number of amides is 1. The van der Waals surface area contributed by atoms with Crippen LogP contribution in [0.15, 0.2) is 48.5 Å². The second-order valence-electron chi connectivity index (χ2n) is 6.43. The first-order valence-electron chi connectivity index (χ1n) is 8.56. The minimum absolute atomic E-state index is 0.0837. The van der Waals surface area contributed by atoms with Gasteiger partial charge in [0.1, 0.15) is 0 Å². The van der Waals surface area contributed by atoms with Gasteiger partial charge in [0, 0.05) is 22.5 Å². The van der Waals surface area contributed by atoms with Crippen molar-refractivity contribution < 1.29 is 23.5 Å². The number of hydrogen-bond donors (Lipinski definition) is 2. The van der Waals surface area contributed by atoms with Crippen LogP contribution in [0.3, 0.4) is 0 Å². The van der Waals surface area contributed by atoms with Gasteiger partial charge in [-0.1, -0.05) is 0 Å². The number of aliphatic carboxylic acids is 1. The number of carboxylic acid groups (broad SMARTS) is 1. The first-order chi connectivity index (χ1) is 13.3. The van der Waals surface area contributed by atoms with E-state index in [1.165, 1.54) is 6.07 Å². The number of carbonyl (C=O) groups is 2. The van der Waals surface area contributed by atoms with Gasteiger partial charge in [-0.3, -0.25) is 9.59 Å². The molecule has 0 saturated heterocycles. The summed E-state index contributed by atoms with van der Waals surface area (Å²) in [6, 6.07) is 12.0. The summed E-state index contributed by atoms with van der Waals surface area (Å²) >= 11 is 0. The molecular formula is C21H18F2N2O3. The van der Waals surface area contributed by atoms with Gasteiger partial charge in [-0.2, -0.15) is 0 Å². The van der Waals surface area contributed by atoms with Crippen molar-refractivity contribution >= 4 is 11.9 Å². The van der Waals surface area contributed by atoms with Crippen molar-refractivity contribution in [3.63, 3.8) is 0 Å². The van der Waals surface area contributed by atoms with Gasteiger partial charge < -0.3 is 15.4 Å². The Morgan fingerprint density at radius 1 is 1.04 bits per heavy atom. The second-order valence-corrected chi connectivity index (χ2v) is 6.43. The average Bonchev–Trinajstić information content (AvgIpc) is 3.05. The number of benzene rings is 2. The summed E-state index contributed by atoms with van der Waals surface area (Å²) in [5, 5.41) is 9.03. The summed E-state index contributed by atoms with van der Waals surface area (Å²) in [4.78, 5) is 22.4. The number of nitrogens with two attached hydrogens (primary N) is 1. The van der Waals surface area contributed by atoms with E-state index in [4.69, 9.17) is 10.8 Å². The summed E-state index contributed by atoms with van der Waals surface area (Å²) in [6.07, 6.45) is 0.162. The summed E-state index contributed by atoms with van der Waals surface area (Å²) in [6.45, 7) is 1.79. The van der Waals surface area contributed by atoms with Crippen LogP contribution >= 0.6 is 0 Å². The molecule has 0 fully saturated rings. The summed E-state index contributed by atoms with van der Waals surface area (Å²) in [5.41, 5.74) is 8.80. The van der Waals surface area contributed by atoms with Crippen molar-refractivity contribution in [2.75, 3.05) is 0 Å². The molecule has 0 aliphatic carbocycles. The van der Waals surface area contributed by atoms with Crippen molar-refractivity contribution in [3.05, 3.63) is 77.0 Å². The molecule has 0 aliphatic rings. The Labute approximate surface area is 160 Å². The first-order valence-corrected chi connectivity index (χ1v) is 8.56. The molecule has 5 nitrogen and oxygen atoms in total. The van der Waals surface area contributed by atoms with Gasteiger partial charge in [-0.15, -0.1) is 0 Å². The molecule has 1 aromatic heterocycles. The lowest BCUT2D eigenvalue weighted by atomic mass is 10.1. The Morgan fingerprint density at radius 3 is 2.39 bits per heavy atom. The van der Waals surface area contributed by atoms with Crippen LogP contribution in [-0.2, 0) is 11.2 Å². The number of primary amides is 1. The van der Waals surface area contributed by atoms with Crippen molar-refractivity contribution in [3.8, 4) is 16.9 Å². The van der Waals surface area contributed by atoms with Crippen LogP contribution in [0.25, 0.3) is 16.9 Å². The molecule has 0 unspecified atom stereocenters. The molecule has 1 amide bonds. The Balaban J connectivity index is 2.18. The minimum Gasteiger partial charge on any atom is -0.481 e. The molecule has 0 bridgehead atoms. The fourth-order valence-electron chi connectivity index (χ4n) is 3.13. The highest BCUT2D eigenvalue weighted by Gasteiger charge is 2.16. The SMILES string of the molecule is Cc1cc(C(N)=O)ccc1-n1c(CCC(=O)O)ccc1-c1ccc(F)c(F)c1. The number of aryl methyl sites for hydroxylation is 2. The van der Waals surface area contributed by atoms with Gasteiger partial charge in [0.05, 0.1) is 12.1 Å². The zero-order valence-corrected chi connectivity index (χ0v) is 15.1. The topological polar surface area (TPSA) is 85.3 Å². The minimum atomic E-state index is -0.974. The predicted molar refractivity (Wildman–Crippen MR) is 100 cm³/mol. The lowest BCUT2D eigenvalue weighted by Crippen LogP contribution is -2.12. The van der Waals surface area contributed by atoms with Gasteiger partial charge in [0.15, 0.2) is 11.6 Å². The van der Waals surface area contributed by atoms with Crippen molar-refractivity contribution in [1.29, 1.82) is 0 Å². The number of nitrogens with zero attached hydrogens (tertiary/aromatic N) is 1. The van der Waals surface area contributed by atoms with E-state index < -0.39 is 23.5 Å². The molecule has 3 N–H and O–H groups in total. The molecule has 1 heterocycles. The van der Waals surface area contributed by atoms with Gasteiger partial charge in [-0.05, 0) is 67.4 Å². The van der Waals surface area contributed by atoms with Gasteiger partial charge in [0.25, 0.3) is 0 Å². The first kappa shape index (κ1) is 19.3. The number of carbonyl (C=O) groups excluding carboxylic acids is 1. The molecule has 144 valence electrons. The molecule has 2 aromatic carbocycles. The van der Waals surface area contributed by atoms with Crippen LogP contribution < -0.4 is 5.73 Å². The molecule has 0 spiro atoms. The van der Waals surface area contributed by atoms with Gasteiger partial charge >= 0.3 is 5.97 Å². The highest BCUT2D eigenvalue weighted by molar-refractivity contribution is 5.93. The van der Waals surface area contributed by atoms with Crippen LogP contribution in [0.2, 0.25) is 0 Å². The third-order valence-electron chi connectivity index (χ3n) is 4.49. The third kappa shape index (κ3) is 3.78. The van der Waals surface area contributed by atoms with Crippen LogP contribution in [0.4, 0.5) is 8.78 Å². The van der Waals surface area contributed by atoms with E-state index in [9.17, 15) is 18.4 Å². The van der Waals surface area contributed by atoms with Crippen molar-refractivity contribution in [1.82, 2.24) is 4.57 Å². The normalized spacial score (nSPS) is 10.8. The lowest BCUT2D eigenvalue weighted by molar-refractivity contribution is -0.136. The van der Waals surface area contributed by atoms with Crippen molar-refractivity contribution in [2.45, 2.75) is 19.8 Å². The molecule has 0 saturated carbocycles. The number of hydrogen-bond acceptors (Lipinski definition) is 2. The fourth-order valence-corrected chi connectivity index (χ4v) is 3.13. The number of halogens is 2. The molecule has 3 rings (SSSR count). The van der Waals surface area contributed by atoms with Crippen LogP contribution in [0.5, 0.6) is 0 Å². The van der Waals surface area contributed by atoms with Gasteiger partial charge in [-0.25, -0.2) is 8.78 Å². The van der Waals surface area contributed by atoms with E-state index in [1.807, 2.05) is 0 Å². The van der Waals surface area contributed by atoms with E-state index in [0.717, 1.165) is 17.7 Å². The zero-order valence-electron chi connectivity index (χ0n) is 15.1. The van der Waals surface area contributed by atoms with E-state index in [0.29, 0.717) is 28.2 Å². The standard InChI is InChI=1S/C21H18F2N2O3/c1-12-10-14(21(24)28)3-7-18(12)25-15(5-9-20(26)27)4-8-19(25)13-2-6-16(22)17(23)11-13/h2-4,6-8,10-11H,5,9H2,1H3,(H2,24,28)(H,26,27). The number of aromatic nitrogens is 1. The van der Waals surface area contributed by atoms with Crippen LogP contribution in [0, 0.1) is 18.6 Å². The Kier molecular flexibility index (Phi) is 5.26. The average molecular weight is 384 g/mol. The number of rotatable bonds is 6. The molecule has 28 heavy (non-hydrogen) atoms. The smallest absolute Gasteiger partial charge is 0.303 e. The van der Waals surface area contributed by atoms with E-state index in [-0.39, 0.29) is 12.8 Å². The second kappa shape index (κ2) is 7.64. The predicted octanol–water partition coefficient (Wildman–Crippen LogP) is 3.85. The summed E-state index contributed by atoms with van der Waals surface area (Å²) in [5.74, 6) is -3.43. The molecule has 0 atom stereocenters. The Morgan fingerprint density at radius 2 is 1.79 bits per heavy atom. The number of carboxylic acids is 1.